The van der Waals surface area contributed by atoms with Crippen molar-refractivity contribution >= 4 is 27.7 Å². The summed E-state index contributed by atoms with van der Waals surface area (Å²) in [7, 11) is -3.60. The predicted molar refractivity (Wildman–Crippen MR) is 133 cm³/mol. The first kappa shape index (κ1) is 24.0. The van der Waals surface area contributed by atoms with Gasteiger partial charge in [0.15, 0.2) is 0 Å². The molecule has 6 nitrogen and oxygen atoms in total. The maximum atomic E-state index is 13.1. The smallest absolute Gasteiger partial charge is 0.243 e. The molecule has 1 fully saturated rings. The first-order chi connectivity index (χ1) is 16.5. The summed E-state index contributed by atoms with van der Waals surface area (Å²) in [6.07, 6.45) is 4.19. The topological polar surface area (TPSA) is 73.6 Å². The first-order valence-corrected chi connectivity index (χ1v) is 12.7. The molecule has 0 radical (unpaired) electrons. The van der Waals surface area contributed by atoms with E-state index in [0.717, 1.165) is 12.1 Å². The first-order valence-electron chi connectivity index (χ1n) is 10.9. The predicted octanol–water partition coefficient (Wildman–Crippen LogP) is 5.02. The van der Waals surface area contributed by atoms with E-state index < -0.39 is 10.0 Å². The number of nitriles is 1. The Morgan fingerprint density at radius 1 is 0.941 bits per heavy atom. The highest BCUT2D eigenvalue weighted by Gasteiger charge is 2.28. The quantitative estimate of drug-likeness (QED) is 0.462. The molecule has 0 bridgehead atoms. The van der Waals surface area contributed by atoms with Gasteiger partial charge in [0, 0.05) is 32.7 Å². The number of rotatable bonds is 7. The van der Waals surface area contributed by atoms with Gasteiger partial charge in [-0.2, -0.15) is 9.57 Å². The van der Waals surface area contributed by atoms with Gasteiger partial charge in [-0.25, -0.2) is 8.42 Å². The molecular formula is C26H24ClN3O3S. The Morgan fingerprint density at radius 2 is 1.65 bits per heavy atom. The fraction of sp³-hybridized carbons (Fsp3) is 0.192. The van der Waals surface area contributed by atoms with Crippen LogP contribution in [0.2, 0.25) is 5.02 Å². The molecule has 1 aliphatic rings. The number of ether oxygens (including phenoxy) is 1. The highest BCUT2D eigenvalue weighted by molar-refractivity contribution is 7.89. The van der Waals surface area contributed by atoms with Crippen LogP contribution in [-0.2, 0) is 10.0 Å². The summed E-state index contributed by atoms with van der Waals surface area (Å²) in [6.45, 7) is 3.00. The van der Waals surface area contributed by atoms with Crippen LogP contribution in [0.3, 0.4) is 0 Å². The van der Waals surface area contributed by atoms with Gasteiger partial charge in [-0.3, -0.25) is 4.90 Å². The highest BCUT2D eigenvalue weighted by atomic mass is 35.5. The fourth-order valence-corrected chi connectivity index (χ4v) is 5.34. The van der Waals surface area contributed by atoms with Crippen molar-refractivity contribution in [2.75, 3.05) is 32.7 Å². The average molecular weight is 494 g/mol. The molecule has 0 unspecified atom stereocenters. The maximum Gasteiger partial charge on any atom is 0.243 e. The zero-order chi connectivity index (χ0) is 24.0. The van der Waals surface area contributed by atoms with Crippen LogP contribution in [0.25, 0.3) is 6.08 Å². The van der Waals surface area contributed by atoms with Crippen molar-refractivity contribution in [3.8, 4) is 17.6 Å². The number of sulfonamides is 1. The van der Waals surface area contributed by atoms with E-state index in [4.69, 9.17) is 16.3 Å². The molecule has 4 rings (SSSR count). The van der Waals surface area contributed by atoms with Crippen LogP contribution in [0.5, 0.6) is 11.5 Å². The Bertz CT molecular complexity index is 1300. The van der Waals surface area contributed by atoms with Crippen molar-refractivity contribution in [1.29, 1.82) is 5.26 Å². The van der Waals surface area contributed by atoms with Crippen LogP contribution in [0.4, 0.5) is 0 Å². The Balaban J connectivity index is 1.35. The average Bonchev–Trinajstić information content (AvgIpc) is 2.86. The highest BCUT2D eigenvalue weighted by Crippen LogP contribution is 2.30. The number of nitrogens with zero attached hydrogens (tertiary/aromatic N) is 3. The summed E-state index contributed by atoms with van der Waals surface area (Å²) in [5.41, 5.74) is 1.38. The van der Waals surface area contributed by atoms with Gasteiger partial charge in [-0.05, 0) is 42.0 Å². The van der Waals surface area contributed by atoms with Crippen molar-refractivity contribution in [2.45, 2.75) is 4.90 Å². The van der Waals surface area contributed by atoms with Gasteiger partial charge in [0.05, 0.1) is 9.92 Å². The number of hydrogen-bond acceptors (Lipinski definition) is 5. The molecule has 0 aromatic heterocycles. The molecule has 1 heterocycles. The number of hydrogen-bond donors (Lipinski definition) is 0. The van der Waals surface area contributed by atoms with E-state index in [1.165, 1.54) is 16.4 Å². The van der Waals surface area contributed by atoms with E-state index in [1.54, 1.807) is 30.3 Å². The van der Waals surface area contributed by atoms with Gasteiger partial charge in [-0.15, -0.1) is 0 Å². The molecule has 0 saturated carbocycles. The summed E-state index contributed by atoms with van der Waals surface area (Å²) in [6, 6.07) is 23.3. The number of halogens is 1. The van der Waals surface area contributed by atoms with Crippen LogP contribution in [0, 0.1) is 11.3 Å². The second-order valence-electron chi connectivity index (χ2n) is 7.82. The van der Waals surface area contributed by atoms with Crippen molar-refractivity contribution in [3.05, 3.63) is 95.0 Å². The summed E-state index contributed by atoms with van der Waals surface area (Å²) in [5, 5.41) is 9.58. The maximum absolute atomic E-state index is 13.1. The summed E-state index contributed by atoms with van der Waals surface area (Å²) < 4.78 is 33.5. The van der Waals surface area contributed by atoms with Gasteiger partial charge in [-0.1, -0.05) is 60.2 Å². The normalized spacial score (nSPS) is 15.3. The summed E-state index contributed by atoms with van der Waals surface area (Å²) >= 11 is 6.04. The van der Waals surface area contributed by atoms with E-state index in [-0.39, 0.29) is 10.5 Å². The molecule has 1 aliphatic heterocycles. The Labute approximate surface area is 205 Å². The Morgan fingerprint density at radius 3 is 2.32 bits per heavy atom. The molecule has 0 spiro atoms. The number of piperazine rings is 1. The molecule has 8 heteroatoms. The minimum atomic E-state index is -3.60. The standard InChI is InChI=1S/C26H24ClN3O3S/c27-25-9-4-10-26(24(25)20-28)33-22-11-13-23(14-12-22)34(31,32)30-18-16-29(17-19-30)15-5-8-21-6-2-1-3-7-21/h1-14H,15-19H2. The lowest BCUT2D eigenvalue weighted by molar-refractivity contribution is 0.204. The van der Waals surface area contributed by atoms with E-state index in [9.17, 15) is 13.7 Å². The molecule has 3 aromatic rings. The molecule has 0 aliphatic carbocycles. The van der Waals surface area contributed by atoms with Gasteiger partial charge in [0.1, 0.15) is 23.1 Å². The van der Waals surface area contributed by atoms with Crippen LogP contribution in [0.1, 0.15) is 11.1 Å². The lowest BCUT2D eigenvalue weighted by Gasteiger charge is -2.33. The van der Waals surface area contributed by atoms with Gasteiger partial charge < -0.3 is 4.74 Å². The van der Waals surface area contributed by atoms with Gasteiger partial charge in [0.25, 0.3) is 0 Å². The third-order valence-corrected chi connectivity index (χ3v) is 7.81. The minimum Gasteiger partial charge on any atom is -0.456 e. The molecular weight excluding hydrogens is 470 g/mol. The number of benzene rings is 3. The summed E-state index contributed by atoms with van der Waals surface area (Å²) in [5.74, 6) is 0.746. The van der Waals surface area contributed by atoms with E-state index in [0.29, 0.717) is 42.7 Å². The SMILES string of the molecule is N#Cc1c(Cl)cccc1Oc1ccc(S(=O)(=O)N2CCN(CC=Cc3ccccc3)CC2)cc1. The monoisotopic (exact) mass is 493 g/mol. The van der Waals surface area contributed by atoms with Crippen molar-refractivity contribution in [2.24, 2.45) is 0 Å². The molecule has 0 N–H and O–H groups in total. The molecule has 0 amide bonds. The lowest BCUT2D eigenvalue weighted by Crippen LogP contribution is -2.48. The summed E-state index contributed by atoms with van der Waals surface area (Å²) in [4.78, 5) is 2.45. The van der Waals surface area contributed by atoms with E-state index >= 15 is 0 Å². The van der Waals surface area contributed by atoms with Crippen molar-refractivity contribution in [3.63, 3.8) is 0 Å². The van der Waals surface area contributed by atoms with Crippen molar-refractivity contribution in [1.82, 2.24) is 9.21 Å². The Kier molecular flexibility index (Phi) is 7.66. The van der Waals surface area contributed by atoms with E-state index in [2.05, 4.69) is 29.2 Å². The van der Waals surface area contributed by atoms with E-state index in [1.807, 2.05) is 24.3 Å². The van der Waals surface area contributed by atoms with Gasteiger partial charge >= 0.3 is 0 Å². The molecule has 34 heavy (non-hydrogen) atoms. The fourth-order valence-electron chi connectivity index (χ4n) is 3.71. The van der Waals surface area contributed by atoms with Crippen LogP contribution >= 0.6 is 11.6 Å². The minimum absolute atomic E-state index is 0.212. The zero-order valence-corrected chi connectivity index (χ0v) is 20.0. The zero-order valence-electron chi connectivity index (χ0n) is 18.5. The Hall–Kier alpha value is -3.15. The molecule has 3 aromatic carbocycles. The molecule has 1 saturated heterocycles. The lowest BCUT2D eigenvalue weighted by atomic mass is 10.2. The third kappa shape index (κ3) is 5.66. The van der Waals surface area contributed by atoms with Crippen LogP contribution < -0.4 is 4.74 Å². The molecule has 0 atom stereocenters. The van der Waals surface area contributed by atoms with Crippen molar-refractivity contribution < 1.29 is 13.2 Å². The largest absolute Gasteiger partial charge is 0.456 e. The molecule has 174 valence electrons. The van der Waals surface area contributed by atoms with Gasteiger partial charge in [0.2, 0.25) is 10.0 Å². The second kappa shape index (κ2) is 10.9. The third-order valence-electron chi connectivity index (χ3n) is 5.58. The second-order valence-corrected chi connectivity index (χ2v) is 10.2. The van der Waals surface area contributed by atoms with Crippen LogP contribution in [0.15, 0.2) is 83.8 Å². The van der Waals surface area contributed by atoms with Crippen LogP contribution in [-0.4, -0.2) is 50.3 Å².